The van der Waals surface area contributed by atoms with Gasteiger partial charge in [0.25, 0.3) is 0 Å². The van der Waals surface area contributed by atoms with Gasteiger partial charge in [-0.25, -0.2) is 0 Å². The van der Waals surface area contributed by atoms with Crippen LogP contribution in [0.1, 0.15) is 62.1 Å². The molecule has 3 saturated heterocycles. The maximum Gasteiger partial charge on any atom is 0.246 e. The summed E-state index contributed by atoms with van der Waals surface area (Å²) < 4.78 is 6.56. The van der Waals surface area contributed by atoms with Gasteiger partial charge in [-0.3, -0.25) is 14.4 Å². The molecular weight excluding hydrogens is 494 g/mol. The summed E-state index contributed by atoms with van der Waals surface area (Å²) >= 11 is 0. The highest BCUT2D eigenvalue weighted by Crippen LogP contribution is 2.59. The minimum absolute atomic E-state index is 0.0616. The predicted octanol–water partition coefficient (Wildman–Crippen LogP) is 2.86. The largest absolute Gasteiger partial charge is 0.394 e. The van der Waals surface area contributed by atoms with Gasteiger partial charge in [0.15, 0.2) is 0 Å². The Kier molecular flexibility index (Phi) is 7.16. The van der Waals surface area contributed by atoms with E-state index in [1.165, 1.54) is 4.90 Å². The molecule has 3 amide bonds. The summed E-state index contributed by atoms with van der Waals surface area (Å²) in [5.41, 5.74) is 0.634. The molecule has 1 aliphatic carbocycles. The van der Waals surface area contributed by atoms with Crippen molar-refractivity contribution in [2.75, 3.05) is 6.61 Å². The second kappa shape index (κ2) is 10.7. The van der Waals surface area contributed by atoms with Crippen LogP contribution in [0.2, 0.25) is 0 Å². The molecule has 2 aromatic rings. The van der Waals surface area contributed by atoms with Crippen molar-refractivity contribution >= 4 is 17.7 Å². The molecule has 4 aliphatic rings. The molecule has 2 unspecified atom stereocenters. The summed E-state index contributed by atoms with van der Waals surface area (Å²) in [4.78, 5) is 43.5. The van der Waals surface area contributed by atoms with Crippen molar-refractivity contribution in [2.45, 2.75) is 81.3 Å². The monoisotopic (exact) mass is 531 g/mol. The molecular formula is C31H37N3O5. The van der Waals surface area contributed by atoms with Crippen LogP contribution < -0.4 is 10.6 Å². The van der Waals surface area contributed by atoms with Crippen LogP contribution in [0, 0.1) is 11.8 Å². The Morgan fingerprint density at radius 1 is 0.974 bits per heavy atom. The highest BCUT2D eigenvalue weighted by molar-refractivity contribution is 5.99. The number of benzene rings is 2. The lowest BCUT2D eigenvalue weighted by Gasteiger charge is -2.38. The van der Waals surface area contributed by atoms with Crippen LogP contribution in [0.15, 0.2) is 60.7 Å². The van der Waals surface area contributed by atoms with Crippen molar-refractivity contribution in [3.05, 3.63) is 71.8 Å². The number of carbonyl (C=O) groups is 3. The van der Waals surface area contributed by atoms with E-state index in [1.807, 2.05) is 60.7 Å². The molecule has 4 fully saturated rings. The molecule has 3 aliphatic heterocycles. The Hall–Kier alpha value is -3.23. The van der Waals surface area contributed by atoms with E-state index in [-0.39, 0.29) is 30.4 Å². The molecule has 206 valence electrons. The molecule has 6 atom stereocenters. The Bertz CT molecular complexity index is 1200. The Labute approximate surface area is 229 Å². The van der Waals surface area contributed by atoms with Crippen LogP contribution in [-0.2, 0) is 25.7 Å². The number of nitrogens with one attached hydrogen (secondary N) is 2. The van der Waals surface area contributed by atoms with Gasteiger partial charge in [0.2, 0.25) is 17.7 Å². The number of ether oxygens (including phenoxy) is 1. The maximum atomic E-state index is 14.3. The summed E-state index contributed by atoms with van der Waals surface area (Å²) in [7, 11) is 0. The highest BCUT2D eigenvalue weighted by Gasteiger charge is 2.75. The zero-order valence-electron chi connectivity index (χ0n) is 22.1. The van der Waals surface area contributed by atoms with Gasteiger partial charge in [-0.05, 0) is 36.8 Å². The Morgan fingerprint density at radius 2 is 1.67 bits per heavy atom. The lowest BCUT2D eigenvalue weighted by molar-refractivity contribution is -0.146. The Morgan fingerprint density at radius 3 is 2.36 bits per heavy atom. The normalized spacial score (nSPS) is 30.7. The molecule has 0 radical (unpaired) electrons. The van der Waals surface area contributed by atoms with Crippen LogP contribution in [-0.4, -0.2) is 58.1 Å². The van der Waals surface area contributed by atoms with Gasteiger partial charge in [-0.15, -0.1) is 0 Å². The number of carbonyl (C=O) groups excluding carboxylic acids is 3. The van der Waals surface area contributed by atoms with E-state index in [9.17, 15) is 19.5 Å². The third kappa shape index (κ3) is 4.53. The van der Waals surface area contributed by atoms with E-state index < -0.39 is 35.6 Å². The number of fused-ring (bicyclic) bond motifs is 1. The van der Waals surface area contributed by atoms with Crippen LogP contribution in [0.25, 0.3) is 0 Å². The summed E-state index contributed by atoms with van der Waals surface area (Å²) in [5.74, 6) is -2.20. The second-order valence-electron chi connectivity index (χ2n) is 11.5. The summed E-state index contributed by atoms with van der Waals surface area (Å²) in [6.07, 6.45) is 5.86. The maximum absolute atomic E-state index is 14.3. The van der Waals surface area contributed by atoms with Crippen molar-refractivity contribution in [3.8, 4) is 0 Å². The summed E-state index contributed by atoms with van der Waals surface area (Å²) in [5, 5.41) is 16.8. The molecule has 8 nitrogen and oxygen atoms in total. The SMILES string of the molecule is O=C(NC1CCCCC1)C1N([C@H](CO)c2ccccc2)C(=O)[C@@H]2[C@H](C(=O)NCc3ccccc3)[C@@H]3CCC12O3. The minimum atomic E-state index is -1.09. The van der Waals surface area contributed by atoms with E-state index >= 15 is 0 Å². The first-order valence-electron chi connectivity index (χ1n) is 14.3. The Balaban J connectivity index is 1.33. The number of amides is 3. The number of likely N-dealkylation sites (tertiary alicyclic amines) is 1. The topological polar surface area (TPSA) is 108 Å². The van der Waals surface area contributed by atoms with Gasteiger partial charge in [0.05, 0.1) is 30.6 Å². The zero-order chi connectivity index (χ0) is 27.0. The molecule has 1 saturated carbocycles. The quantitative estimate of drug-likeness (QED) is 0.486. The minimum Gasteiger partial charge on any atom is -0.394 e. The lowest BCUT2D eigenvalue weighted by Crippen LogP contribution is -2.57. The first-order valence-corrected chi connectivity index (χ1v) is 14.3. The van der Waals surface area contributed by atoms with E-state index in [2.05, 4.69) is 10.6 Å². The molecule has 8 heteroatoms. The fourth-order valence-electron chi connectivity index (χ4n) is 7.49. The van der Waals surface area contributed by atoms with E-state index in [1.54, 1.807) is 0 Å². The average Bonchev–Trinajstić information content (AvgIpc) is 3.61. The van der Waals surface area contributed by atoms with Crippen LogP contribution >= 0.6 is 0 Å². The average molecular weight is 532 g/mol. The van der Waals surface area contributed by atoms with Crippen molar-refractivity contribution in [2.24, 2.45) is 11.8 Å². The first-order chi connectivity index (χ1) is 19.0. The van der Waals surface area contributed by atoms with E-state index in [0.29, 0.717) is 19.4 Å². The van der Waals surface area contributed by atoms with Gasteiger partial charge >= 0.3 is 0 Å². The molecule has 3 heterocycles. The first kappa shape index (κ1) is 26.0. The zero-order valence-corrected chi connectivity index (χ0v) is 22.1. The molecule has 1 spiro atoms. The van der Waals surface area contributed by atoms with Gasteiger partial charge in [-0.1, -0.05) is 79.9 Å². The predicted molar refractivity (Wildman–Crippen MR) is 144 cm³/mol. The third-order valence-electron chi connectivity index (χ3n) is 9.24. The fraction of sp³-hybridized carbons (Fsp3) is 0.516. The standard InChI is InChI=1S/C31H37N3O5/c35-19-23(21-12-6-2-7-13-21)34-27(29(37)33-22-14-8-3-9-15-22)31-17-16-24(39-31)25(26(31)30(34)38)28(36)32-18-20-10-4-1-5-11-20/h1-2,4-7,10-13,22-27,35H,3,8-9,14-19H2,(H,32,36)(H,33,37)/t23-,24+,25-,26+,27?,31?/m1/s1. The molecule has 0 aromatic heterocycles. The summed E-state index contributed by atoms with van der Waals surface area (Å²) in [6.45, 7) is 0.0233. The van der Waals surface area contributed by atoms with E-state index in [0.717, 1.165) is 43.2 Å². The molecule has 2 aromatic carbocycles. The van der Waals surface area contributed by atoms with Crippen molar-refractivity contribution in [3.63, 3.8) is 0 Å². The number of hydrogen-bond acceptors (Lipinski definition) is 5. The van der Waals surface area contributed by atoms with E-state index in [4.69, 9.17) is 4.74 Å². The van der Waals surface area contributed by atoms with Gasteiger partial charge in [0.1, 0.15) is 11.6 Å². The van der Waals surface area contributed by atoms with Crippen LogP contribution in [0.4, 0.5) is 0 Å². The van der Waals surface area contributed by atoms with Crippen molar-refractivity contribution < 1.29 is 24.2 Å². The molecule has 39 heavy (non-hydrogen) atoms. The molecule has 3 N–H and O–H groups in total. The van der Waals surface area contributed by atoms with Gasteiger partial charge in [0, 0.05) is 12.6 Å². The number of aliphatic hydroxyl groups excluding tert-OH is 1. The molecule has 2 bridgehead atoms. The van der Waals surface area contributed by atoms with Gasteiger partial charge in [-0.2, -0.15) is 0 Å². The van der Waals surface area contributed by atoms with Gasteiger partial charge < -0.3 is 25.4 Å². The fourth-order valence-corrected chi connectivity index (χ4v) is 7.49. The van der Waals surface area contributed by atoms with Crippen LogP contribution in [0.5, 0.6) is 0 Å². The number of aliphatic hydroxyl groups is 1. The smallest absolute Gasteiger partial charge is 0.246 e. The molecule has 6 rings (SSSR count). The third-order valence-corrected chi connectivity index (χ3v) is 9.24. The highest BCUT2D eigenvalue weighted by atomic mass is 16.5. The van der Waals surface area contributed by atoms with Crippen LogP contribution in [0.3, 0.4) is 0 Å². The number of nitrogens with zero attached hydrogens (tertiary/aromatic N) is 1. The second-order valence-corrected chi connectivity index (χ2v) is 11.5. The van der Waals surface area contributed by atoms with Crippen molar-refractivity contribution in [1.82, 2.24) is 15.5 Å². The van der Waals surface area contributed by atoms with Crippen molar-refractivity contribution in [1.29, 1.82) is 0 Å². The lowest BCUT2D eigenvalue weighted by atomic mass is 9.70. The number of hydrogen-bond donors (Lipinski definition) is 3. The number of rotatable bonds is 8. The summed E-state index contributed by atoms with van der Waals surface area (Å²) in [6, 6.07) is 17.4.